The number of carbonyl (C=O) groups is 1. The zero-order valence-corrected chi connectivity index (χ0v) is 13.0. The molecule has 0 saturated carbocycles. The van der Waals surface area contributed by atoms with Crippen LogP contribution in [-0.4, -0.2) is 16.2 Å². The third-order valence-electron chi connectivity index (χ3n) is 3.51. The van der Waals surface area contributed by atoms with Crippen LogP contribution in [0.4, 0.5) is 0 Å². The van der Waals surface area contributed by atoms with E-state index in [1.807, 2.05) is 31.2 Å². The van der Waals surface area contributed by atoms with Crippen molar-refractivity contribution >= 4 is 5.97 Å². The van der Waals surface area contributed by atoms with Crippen molar-refractivity contribution < 1.29 is 15.0 Å². The molecular formula is C18H24O3. The zero-order valence-electron chi connectivity index (χ0n) is 13.0. The van der Waals surface area contributed by atoms with Gasteiger partial charge in [0, 0.05) is 12.5 Å². The zero-order chi connectivity index (χ0) is 15.8. The smallest absolute Gasteiger partial charge is 0.328 e. The van der Waals surface area contributed by atoms with Gasteiger partial charge in [0.1, 0.15) is 0 Å². The first-order chi connectivity index (χ1) is 9.90. The van der Waals surface area contributed by atoms with Gasteiger partial charge in [-0.1, -0.05) is 42.9 Å². The predicted octanol–water partition coefficient (Wildman–Crippen LogP) is 4.71. The van der Waals surface area contributed by atoms with Crippen molar-refractivity contribution in [2.45, 2.75) is 40.0 Å². The van der Waals surface area contributed by atoms with Crippen LogP contribution in [0.15, 0.2) is 58.9 Å². The highest BCUT2D eigenvalue weighted by Gasteiger charge is 2.16. The van der Waals surface area contributed by atoms with E-state index in [-0.39, 0.29) is 0 Å². The molecule has 3 heteroatoms. The molecule has 0 bridgehead atoms. The van der Waals surface area contributed by atoms with E-state index in [2.05, 4.69) is 6.92 Å². The van der Waals surface area contributed by atoms with Gasteiger partial charge in [-0.15, -0.1) is 0 Å². The van der Waals surface area contributed by atoms with Gasteiger partial charge in [0.05, 0.1) is 5.76 Å². The maximum Gasteiger partial charge on any atom is 0.328 e. The second-order valence-corrected chi connectivity index (χ2v) is 5.53. The molecule has 0 spiro atoms. The molecule has 0 heterocycles. The average molecular weight is 288 g/mol. The molecule has 3 nitrogen and oxygen atoms in total. The molecule has 2 N–H and O–H groups in total. The minimum Gasteiger partial charge on any atom is -0.512 e. The lowest BCUT2D eigenvalue weighted by Gasteiger charge is -2.20. The molecule has 0 saturated heterocycles. The molecule has 0 amide bonds. The Balaban J connectivity index is 2.70. The molecule has 1 aliphatic carbocycles. The van der Waals surface area contributed by atoms with Crippen LogP contribution in [-0.2, 0) is 4.79 Å². The number of aliphatic hydroxyl groups is 1. The molecular weight excluding hydrogens is 264 g/mol. The van der Waals surface area contributed by atoms with Crippen molar-refractivity contribution in [1.82, 2.24) is 0 Å². The molecule has 0 aromatic heterocycles. The number of aliphatic hydroxyl groups excluding tert-OH is 1. The lowest BCUT2D eigenvalue weighted by atomic mass is 9.87. The van der Waals surface area contributed by atoms with Crippen molar-refractivity contribution in [3.8, 4) is 0 Å². The number of hydrogen-bond acceptors (Lipinski definition) is 2. The van der Waals surface area contributed by atoms with Gasteiger partial charge >= 0.3 is 5.97 Å². The highest BCUT2D eigenvalue weighted by atomic mass is 16.4. The number of allylic oxidation sites excluding steroid dienone is 9. The van der Waals surface area contributed by atoms with Gasteiger partial charge in [0.25, 0.3) is 0 Å². The number of rotatable bonds is 5. The summed E-state index contributed by atoms with van der Waals surface area (Å²) in [7, 11) is 0. The summed E-state index contributed by atoms with van der Waals surface area (Å²) in [6.07, 6.45) is 13.6. The summed E-state index contributed by atoms with van der Waals surface area (Å²) in [5.41, 5.74) is 2.77. The van der Waals surface area contributed by atoms with Gasteiger partial charge in [0.2, 0.25) is 0 Å². The summed E-state index contributed by atoms with van der Waals surface area (Å²) in [5.74, 6) is -0.0286. The van der Waals surface area contributed by atoms with Crippen LogP contribution in [0.2, 0.25) is 0 Å². The molecule has 21 heavy (non-hydrogen) atoms. The van der Waals surface area contributed by atoms with Gasteiger partial charge in [-0.2, -0.15) is 0 Å². The third kappa shape index (κ3) is 6.30. The summed E-state index contributed by atoms with van der Waals surface area (Å²) < 4.78 is 0. The summed E-state index contributed by atoms with van der Waals surface area (Å²) in [6, 6.07) is 0. The maximum absolute atomic E-state index is 10.5. The number of aliphatic carboxylic acids is 1. The van der Waals surface area contributed by atoms with Crippen LogP contribution in [0.3, 0.4) is 0 Å². The Kier molecular flexibility index (Phi) is 6.73. The van der Waals surface area contributed by atoms with Gasteiger partial charge in [0.15, 0.2) is 0 Å². The van der Waals surface area contributed by atoms with E-state index in [0.717, 1.165) is 30.4 Å². The van der Waals surface area contributed by atoms with Crippen LogP contribution in [0, 0.1) is 5.92 Å². The second-order valence-electron chi connectivity index (χ2n) is 5.53. The van der Waals surface area contributed by atoms with Crippen LogP contribution in [0.1, 0.15) is 40.0 Å². The molecule has 0 radical (unpaired) electrons. The first kappa shape index (κ1) is 17.0. The number of carboxylic acid groups (broad SMARTS) is 1. The monoisotopic (exact) mass is 288 g/mol. The fourth-order valence-corrected chi connectivity index (χ4v) is 2.29. The van der Waals surface area contributed by atoms with Gasteiger partial charge in [-0.3, -0.25) is 0 Å². The maximum atomic E-state index is 10.5. The van der Waals surface area contributed by atoms with Crippen molar-refractivity contribution in [1.29, 1.82) is 0 Å². The summed E-state index contributed by atoms with van der Waals surface area (Å²) in [6.45, 7) is 5.85. The van der Waals surface area contributed by atoms with Crippen LogP contribution in [0.5, 0.6) is 0 Å². The van der Waals surface area contributed by atoms with Crippen LogP contribution >= 0.6 is 0 Å². The van der Waals surface area contributed by atoms with Crippen LogP contribution < -0.4 is 0 Å². The minimum atomic E-state index is -0.938. The Morgan fingerprint density at radius 3 is 2.57 bits per heavy atom. The van der Waals surface area contributed by atoms with Crippen molar-refractivity contribution in [2.24, 2.45) is 5.92 Å². The molecule has 1 rings (SSSR count). The number of carboxylic acids is 1. The summed E-state index contributed by atoms with van der Waals surface area (Å²) in [4.78, 5) is 10.5. The van der Waals surface area contributed by atoms with Gasteiger partial charge in [-0.25, -0.2) is 4.79 Å². The molecule has 0 unspecified atom stereocenters. The Hall–Kier alpha value is -2.03. The lowest BCUT2D eigenvalue weighted by molar-refractivity contribution is -0.131. The second kappa shape index (κ2) is 8.30. The Morgan fingerprint density at radius 2 is 1.95 bits per heavy atom. The molecule has 1 aliphatic rings. The van der Waals surface area contributed by atoms with E-state index in [1.54, 1.807) is 13.0 Å². The normalized spacial score (nSPS) is 21.6. The molecule has 0 aromatic carbocycles. The number of hydrogen-bond donors (Lipinski definition) is 2. The van der Waals surface area contributed by atoms with Crippen molar-refractivity contribution in [3.05, 3.63) is 58.9 Å². The molecule has 114 valence electrons. The highest BCUT2D eigenvalue weighted by molar-refractivity contribution is 5.81. The first-order valence-corrected chi connectivity index (χ1v) is 7.26. The highest BCUT2D eigenvalue weighted by Crippen LogP contribution is 2.29. The van der Waals surface area contributed by atoms with Crippen LogP contribution in [0.25, 0.3) is 0 Å². The lowest BCUT2D eigenvalue weighted by Crippen LogP contribution is -2.07. The topological polar surface area (TPSA) is 57.5 Å². The predicted molar refractivity (Wildman–Crippen MR) is 86.1 cm³/mol. The quantitative estimate of drug-likeness (QED) is 0.569. The standard InChI is InChI=1S/C18H24O3/c1-13(6-4-7-14(2)12-18(20)21)10-11-16-15(3)8-5-9-17(16)19/h4,6-7,10-12,15,19H,5,8-9H2,1-3H3,(H,20,21)/b7-4+,11-10+,13-6+,14-12+/t15-/m0/s1. The Labute approximate surface area is 126 Å². The Morgan fingerprint density at radius 1 is 1.24 bits per heavy atom. The Bertz CT molecular complexity index is 531. The SMILES string of the molecule is CC(/C=C/C1=C(O)CCC[C@@H]1C)=C\C=C\C(C)=C\C(=O)O. The average Bonchev–Trinajstić information content (AvgIpc) is 2.37. The third-order valence-corrected chi connectivity index (χ3v) is 3.51. The van der Waals surface area contributed by atoms with E-state index >= 15 is 0 Å². The largest absolute Gasteiger partial charge is 0.512 e. The van der Waals surface area contributed by atoms with E-state index in [1.165, 1.54) is 6.08 Å². The van der Waals surface area contributed by atoms with E-state index < -0.39 is 5.97 Å². The molecule has 0 aromatic rings. The van der Waals surface area contributed by atoms with E-state index in [0.29, 0.717) is 17.3 Å². The van der Waals surface area contributed by atoms with E-state index in [4.69, 9.17) is 5.11 Å². The van der Waals surface area contributed by atoms with Crippen molar-refractivity contribution in [2.75, 3.05) is 0 Å². The van der Waals surface area contributed by atoms with Gasteiger partial charge < -0.3 is 10.2 Å². The first-order valence-electron chi connectivity index (χ1n) is 7.26. The minimum absolute atomic E-state index is 0.402. The fourth-order valence-electron chi connectivity index (χ4n) is 2.29. The molecule has 0 aliphatic heterocycles. The van der Waals surface area contributed by atoms with Gasteiger partial charge in [-0.05, 0) is 43.8 Å². The van der Waals surface area contributed by atoms with E-state index in [9.17, 15) is 9.90 Å². The molecule has 1 atom stereocenters. The summed E-state index contributed by atoms with van der Waals surface area (Å²) in [5, 5.41) is 18.5. The van der Waals surface area contributed by atoms with Crippen molar-refractivity contribution in [3.63, 3.8) is 0 Å². The molecule has 0 fully saturated rings. The fraction of sp³-hybridized carbons (Fsp3) is 0.389. The summed E-state index contributed by atoms with van der Waals surface area (Å²) >= 11 is 0.